The van der Waals surface area contributed by atoms with Gasteiger partial charge in [-0.05, 0) is 36.4 Å². The van der Waals surface area contributed by atoms with Gasteiger partial charge in [0, 0.05) is 29.5 Å². The van der Waals surface area contributed by atoms with E-state index >= 15 is 0 Å². The van der Waals surface area contributed by atoms with Crippen LogP contribution in [0, 0.1) is 0 Å². The maximum absolute atomic E-state index is 12.4. The van der Waals surface area contributed by atoms with Crippen molar-refractivity contribution < 1.29 is 4.79 Å². The first-order valence-corrected chi connectivity index (χ1v) is 8.74. The van der Waals surface area contributed by atoms with Crippen LogP contribution in [0.2, 0.25) is 5.02 Å². The molecule has 0 saturated heterocycles. The fraction of sp³-hybridized carbons (Fsp3) is 0.0500. The summed E-state index contributed by atoms with van der Waals surface area (Å²) in [5.41, 5.74) is 3.21. The number of para-hydroxylation sites is 1. The lowest BCUT2D eigenvalue weighted by molar-refractivity contribution is 0.0951. The van der Waals surface area contributed by atoms with Crippen LogP contribution in [-0.2, 0) is 6.54 Å². The molecular formula is C20H16ClN5O. The average Bonchev–Trinajstić information content (AvgIpc) is 3.37. The number of aromatic nitrogens is 4. The number of benzene rings is 2. The smallest absolute Gasteiger partial charge is 0.254 e. The number of hydrogen-bond donors (Lipinski definition) is 1. The molecule has 0 aliphatic rings. The van der Waals surface area contributed by atoms with Crippen molar-refractivity contribution in [1.82, 2.24) is 24.9 Å². The van der Waals surface area contributed by atoms with Crippen LogP contribution in [-0.4, -0.2) is 25.5 Å². The highest BCUT2D eigenvalue weighted by Gasteiger charge is 2.10. The highest BCUT2D eigenvalue weighted by atomic mass is 35.5. The second-order valence-corrected chi connectivity index (χ2v) is 6.40. The van der Waals surface area contributed by atoms with Crippen LogP contribution in [0.3, 0.4) is 0 Å². The number of nitrogens with one attached hydrogen (secondary N) is 1. The number of nitrogens with zero attached hydrogens (tertiary/aromatic N) is 4. The van der Waals surface area contributed by atoms with Crippen molar-refractivity contribution >= 4 is 17.5 Å². The minimum absolute atomic E-state index is 0.184. The van der Waals surface area contributed by atoms with Crippen molar-refractivity contribution in [2.75, 3.05) is 0 Å². The van der Waals surface area contributed by atoms with Crippen molar-refractivity contribution in [2.24, 2.45) is 0 Å². The number of carbonyl (C=O) groups excluding carboxylic acids is 1. The lowest BCUT2D eigenvalue weighted by atomic mass is 10.3. The minimum atomic E-state index is -0.184. The highest BCUT2D eigenvalue weighted by Crippen LogP contribution is 2.13. The summed E-state index contributed by atoms with van der Waals surface area (Å²) >= 11 is 5.90. The molecule has 2 aromatic carbocycles. The lowest BCUT2D eigenvalue weighted by Crippen LogP contribution is -2.22. The van der Waals surface area contributed by atoms with E-state index < -0.39 is 0 Å². The third-order valence-corrected chi connectivity index (χ3v) is 4.30. The van der Waals surface area contributed by atoms with E-state index in [4.69, 9.17) is 11.6 Å². The molecule has 2 aromatic heterocycles. The molecule has 134 valence electrons. The predicted octanol–water partition coefficient (Wildman–Crippen LogP) is 3.64. The number of carbonyl (C=O) groups is 1. The number of halogens is 1. The summed E-state index contributed by atoms with van der Waals surface area (Å²) < 4.78 is 3.42. The van der Waals surface area contributed by atoms with Gasteiger partial charge in [0.05, 0.1) is 29.3 Å². The standard InChI is InChI=1S/C20H16ClN5O/c21-17-6-8-19(9-7-17)25-13-15(11-23-25)10-22-20(27)16-12-24-26(14-16)18-4-2-1-3-5-18/h1-9,11-14H,10H2,(H,22,27). The van der Waals surface area contributed by atoms with Gasteiger partial charge in [-0.3, -0.25) is 4.79 Å². The van der Waals surface area contributed by atoms with Crippen molar-refractivity contribution in [3.8, 4) is 11.4 Å². The van der Waals surface area contributed by atoms with Gasteiger partial charge >= 0.3 is 0 Å². The molecule has 2 heterocycles. The fourth-order valence-electron chi connectivity index (χ4n) is 2.63. The molecule has 0 aliphatic heterocycles. The van der Waals surface area contributed by atoms with Crippen LogP contribution in [0.4, 0.5) is 0 Å². The van der Waals surface area contributed by atoms with E-state index in [0.29, 0.717) is 17.1 Å². The predicted molar refractivity (Wildman–Crippen MR) is 103 cm³/mol. The Morgan fingerprint density at radius 2 is 1.56 bits per heavy atom. The molecule has 27 heavy (non-hydrogen) atoms. The Hall–Kier alpha value is -3.38. The molecule has 4 aromatic rings. The summed E-state index contributed by atoms with van der Waals surface area (Å²) in [6, 6.07) is 17.0. The van der Waals surface area contributed by atoms with Crippen molar-refractivity contribution in [2.45, 2.75) is 6.54 Å². The maximum Gasteiger partial charge on any atom is 0.254 e. The Bertz CT molecular complexity index is 1050. The zero-order valence-corrected chi connectivity index (χ0v) is 15.0. The Morgan fingerprint density at radius 1 is 0.889 bits per heavy atom. The zero-order valence-electron chi connectivity index (χ0n) is 14.3. The molecule has 0 aliphatic carbocycles. The Morgan fingerprint density at radius 3 is 2.33 bits per heavy atom. The normalized spacial score (nSPS) is 10.7. The van der Waals surface area contributed by atoms with Crippen molar-refractivity contribution in [1.29, 1.82) is 0 Å². The molecule has 0 spiro atoms. The molecular weight excluding hydrogens is 362 g/mol. The quantitative estimate of drug-likeness (QED) is 0.577. The summed E-state index contributed by atoms with van der Waals surface area (Å²) in [6.45, 7) is 0.378. The van der Waals surface area contributed by atoms with E-state index in [1.165, 1.54) is 0 Å². The van der Waals surface area contributed by atoms with E-state index in [1.54, 1.807) is 28.0 Å². The average molecular weight is 378 g/mol. The van der Waals surface area contributed by atoms with Crippen LogP contribution >= 0.6 is 11.6 Å². The molecule has 0 unspecified atom stereocenters. The van der Waals surface area contributed by atoms with Crippen LogP contribution in [0.25, 0.3) is 11.4 Å². The van der Waals surface area contributed by atoms with Gasteiger partial charge in [0.1, 0.15) is 0 Å². The van der Waals surface area contributed by atoms with E-state index in [2.05, 4.69) is 15.5 Å². The second kappa shape index (κ2) is 7.47. The monoisotopic (exact) mass is 377 g/mol. The summed E-state index contributed by atoms with van der Waals surface area (Å²) in [6.07, 6.45) is 6.86. The van der Waals surface area contributed by atoms with Gasteiger partial charge in [0.2, 0.25) is 0 Å². The largest absolute Gasteiger partial charge is 0.348 e. The molecule has 0 saturated carbocycles. The van der Waals surface area contributed by atoms with Crippen LogP contribution < -0.4 is 5.32 Å². The molecule has 0 fully saturated rings. The lowest BCUT2D eigenvalue weighted by Gasteiger charge is -2.02. The molecule has 4 rings (SSSR count). The van der Waals surface area contributed by atoms with Gasteiger partial charge in [-0.15, -0.1) is 0 Å². The van der Waals surface area contributed by atoms with E-state index in [0.717, 1.165) is 16.9 Å². The molecule has 1 N–H and O–H groups in total. The second-order valence-electron chi connectivity index (χ2n) is 5.96. The molecule has 0 bridgehead atoms. The SMILES string of the molecule is O=C(NCc1cnn(-c2ccc(Cl)cc2)c1)c1cnn(-c2ccccc2)c1. The van der Waals surface area contributed by atoms with Gasteiger partial charge in [-0.1, -0.05) is 29.8 Å². The summed E-state index contributed by atoms with van der Waals surface area (Å²) in [7, 11) is 0. The van der Waals surface area contributed by atoms with E-state index in [9.17, 15) is 4.79 Å². The summed E-state index contributed by atoms with van der Waals surface area (Å²) in [5, 5.41) is 12.1. The number of hydrogen-bond acceptors (Lipinski definition) is 3. The van der Waals surface area contributed by atoms with E-state index in [-0.39, 0.29) is 5.91 Å². The first-order chi connectivity index (χ1) is 13.2. The van der Waals surface area contributed by atoms with Gasteiger partial charge in [-0.2, -0.15) is 10.2 Å². The highest BCUT2D eigenvalue weighted by molar-refractivity contribution is 6.30. The molecule has 0 radical (unpaired) electrons. The van der Waals surface area contributed by atoms with Gasteiger partial charge in [0.15, 0.2) is 0 Å². The first-order valence-electron chi connectivity index (χ1n) is 8.37. The summed E-state index contributed by atoms with van der Waals surface area (Å²) in [4.78, 5) is 12.4. The Kier molecular flexibility index (Phi) is 4.72. The van der Waals surface area contributed by atoms with Crippen LogP contribution in [0.5, 0.6) is 0 Å². The van der Waals surface area contributed by atoms with Gasteiger partial charge in [-0.25, -0.2) is 9.36 Å². The van der Waals surface area contributed by atoms with Gasteiger partial charge in [0.25, 0.3) is 5.91 Å². The van der Waals surface area contributed by atoms with Gasteiger partial charge < -0.3 is 5.32 Å². The van der Waals surface area contributed by atoms with Crippen LogP contribution in [0.1, 0.15) is 15.9 Å². The Labute approximate surface area is 161 Å². The van der Waals surface area contributed by atoms with Crippen molar-refractivity contribution in [3.05, 3.63) is 95.5 Å². The van der Waals surface area contributed by atoms with E-state index in [1.807, 2.05) is 60.8 Å². The van der Waals surface area contributed by atoms with Crippen molar-refractivity contribution in [3.63, 3.8) is 0 Å². The molecule has 7 heteroatoms. The third kappa shape index (κ3) is 3.91. The third-order valence-electron chi connectivity index (χ3n) is 4.05. The number of amides is 1. The molecule has 1 amide bonds. The van der Waals surface area contributed by atoms with Crippen LogP contribution in [0.15, 0.2) is 79.4 Å². The maximum atomic E-state index is 12.4. The molecule has 0 atom stereocenters. The topological polar surface area (TPSA) is 64.7 Å². The minimum Gasteiger partial charge on any atom is -0.348 e. The molecule has 6 nitrogen and oxygen atoms in total. The fourth-order valence-corrected chi connectivity index (χ4v) is 2.76. The number of rotatable bonds is 5. The Balaban J connectivity index is 1.40. The summed E-state index contributed by atoms with van der Waals surface area (Å²) in [5.74, 6) is -0.184. The first kappa shape index (κ1) is 17.1. The zero-order chi connectivity index (χ0) is 18.6.